The Hall–Kier alpha value is -5.92. The smallest absolute Gasteiger partial charge is 0.136 e. The second kappa shape index (κ2) is 10.4. The lowest BCUT2D eigenvalue weighted by atomic mass is 9.84. The van der Waals surface area contributed by atoms with Crippen molar-refractivity contribution < 1.29 is 29.1 Å². The topological polar surface area (TPSA) is 13.1 Å². The molecule has 0 bridgehead atoms. The van der Waals surface area contributed by atoms with Crippen molar-refractivity contribution in [1.29, 1.82) is 0 Å². The van der Waals surface area contributed by atoms with Crippen LogP contribution in [0.4, 0.5) is 0 Å². The zero-order chi connectivity index (χ0) is 45.4. The summed E-state index contributed by atoms with van der Waals surface area (Å²) in [6.07, 6.45) is 0. The van der Waals surface area contributed by atoms with E-state index in [-0.39, 0.29) is 61.2 Å². The summed E-state index contributed by atoms with van der Waals surface area (Å²) in [4.78, 5) is 0. The fourth-order valence-electron chi connectivity index (χ4n) is 5.87. The number of para-hydroxylation sites is 1. The van der Waals surface area contributed by atoms with Crippen LogP contribution in [0.5, 0.6) is 0 Å². The van der Waals surface area contributed by atoms with Gasteiger partial charge in [-0.3, -0.25) is 0 Å². The van der Waals surface area contributed by atoms with E-state index in [2.05, 4.69) is 0 Å². The SMILES string of the molecule is [2H]c1ccc(-c2c([2H])c([2H])c(-c3c4c([2H])c([2H])c([2H])c([2H])c4c(-c4cc(-c5c([2H])c([2H])c([2H])c([2H])c5[2H])cc5oc6ccccc6c45)c4c([2H])c([2H])c([2H])c([2H])c34)c([2H])c2[2H])cc1. The quantitative estimate of drug-likeness (QED) is 0.186. The van der Waals surface area contributed by atoms with Gasteiger partial charge in [-0.25, -0.2) is 0 Å². The third kappa shape index (κ3) is 4.17. The first-order valence-electron chi connectivity index (χ1n) is 23.0. The molecule has 1 aromatic heterocycles. The molecule has 9 aromatic rings. The number of furan rings is 1. The molecule has 0 unspecified atom stereocenters. The van der Waals surface area contributed by atoms with Gasteiger partial charge >= 0.3 is 0 Å². The van der Waals surface area contributed by atoms with Crippen LogP contribution < -0.4 is 0 Å². The van der Waals surface area contributed by atoms with Gasteiger partial charge in [0.1, 0.15) is 11.2 Å². The first-order chi connectivity index (χ1) is 29.8. The van der Waals surface area contributed by atoms with Crippen molar-refractivity contribution in [2.45, 2.75) is 0 Å². The van der Waals surface area contributed by atoms with Crippen LogP contribution >= 0.6 is 0 Å². The molecule has 0 saturated heterocycles. The lowest BCUT2D eigenvalue weighted by Crippen LogP contribution is -1.92. The van der Waals surface area contributed by atoms with Crippen molar-refractivity contribution in [2.24, 2.45) is 0 Å². The molecular formula is C44H28O. The average Bonchev–Trinajstić information content (AvgIpc) is 3.65. The van der Waals surface area contributed by atoms with Crippen LogP contribution in [0.25, 0.3) is 88.0 Å². The molecule has 0 aliphatic rings. The molecule has 0 atom stereocenters. The van der Waals surface area contributed by atoms with Crippen molar-refractivity contribution in [3.8, 4) is 44.5 Å². The number of rotatable bonds is 4. The number of benzene rings is 8. The molecule has 1 heterocycles. The van der Waals surface area contributed by atoms with Gasteiger partial charge in [-0.1, -0.05) is 151 Å². The molecule has 0 aliphatic heterocycles. The molecule has 0 spiro atoms. The molecule has 9 rings (SSSR count). The maximum atomic E-state index is 9.51. The van der Waals surface area contributed by atoms with Gasteiger partial charge < -0.3 is 4.42 Å². The summed E-state index contributed by atoms with van der Waals surface area (Å²) in [5.74, 6) is 0. The summed E-state index contributed by atoms with van der Waals surface area (Å²) < 4.78 is 168. The van der Waals surface area contributed by atoms with E-state index in [0.717, 1.165) is 0 Å². The largest absolute Gasteiger partial charge is 0.456 e. The van der Waals surface area contributed by atoms with Gasteiger partial charge in [0, 0.05) is 10.8 Å². The van der Waals surface area contributed by atoms with Crippen molar-refractivity contribution in [3.05, 3.63) is 169 Å². The van der Waals surface area contributed by atoms with E-state index in [0.29, 0.717) is 11.0 Å². The van der Waals surface area contributed by atoms with Crippen LogP contribution in [0.1, 0.15) is 24.7 Å². The predicted octanol–water partition coefficient (Wildman–Crippen LogP) is 12.6. The minimum Gasteiger partial charge on any atom is -0.456 e. The predicted molar refractivity (Wildman–Crippen MR) is 190 cm³/mol. The highest BCUT2D eigenvalue weighted by Crippen LogP contribution is 2.48. The molecule has 8 aromatic carbocycles. The second-order valence-corrected chi connectivity index (χ2v) is 10.3. The lowest BCUT2D eigenvalue weighted by Gasteiger charge is -2.19. The normalized spacial score (nSPS) is 17.2. The Morgan fingerprint density at radius 3 is 1.64 bits per heavy atom. The van der Waals surface area contributed by atoms with Crippen LogP contribution in [-0.4, -0.2) is 0 Å². The number of hydrogen-bond donors (Lipinski definition) is 0. The fraction of sp³-hybridized carbons (Fsp3) is 0. The highest BCUT2D eigenvalue weighted by atomic mass is 16.3. The Labute approximate surface area is 286 Å². The van der Waals surface area contributed by atoms with Crippen LogP contribution in [0, 0.1) is 0 Å². The minimum absolute atomic E-state index is 0.00854. The molecule has 45 heavy (non-hydrogen) atoms. The fourth-order valence-corrected chi connectivity index (χ4v) is 5.87. The summed E-state index contributed by atoms with van der Waals surface area (Å²) in [6, 6.07) is 4.08. The molecule has 1 nitrogen and oxygen atoms in total. The molecule has 210 valence electrons. The molecular weight excluding hydrogens is 544 g/mol. The first-order valence-corrected chi connectivity index (χ1v) is 14.0. The van der Waals surface area contributed by atoms with E-state index in [1.807, 2.05) is 0 Å². The molecule has 0 saturated carbocycles. The summed E-state index contributed by atoms with van der Waals surface area (Å²) in [6.45, 7) is 0. The van der Waals surface area contributed by atoms with E-state index >= 15 is 0 Å². The van der Waals surface area contributed by atoms with Gasteiger partial charge in [-0.2, -0.15) is 0 Å². The maximum absolute atomic E-state index is 9.51. The zero-order valence-electron chi connectivity index (χ0n) is 41.2. The Morgan fingerprint density at radius 1 is 0.378 bits per heavy atom. The Morgan fingerprint density at radius 2 is 0.956 bits per heavy atom. The van der Waals surface area contributed by atoms with E-state index in [1.54, 1.807) is 24.3 Å². The van der Waals surface area contributed by atoms with Gasteiger partial charge in [0.15, 0.2) is 0 Å². The third-order valence-corrected chi connectivity index (χ3v) is 7.79. The van der Waals surface area contributed by atoms with Gasteiger partial charge in [0.05, 0.1) is 24.7 Å². The van der Waals surface area contributed by atoms with Crippen LogP contribution in [-0.2, 0) is 0 Å². The van der Waals surface area contributed by atoms with Gasteiger partial charge in [0.2, 0.25) is 0 Å². The van der Waals surface area contributed by atoms with E-state index in [1.165, 1.54) is 36.4 Å². The average molecular weight is 591 g/mol. The van der Waals surface area contributed by atoms with E-state index in [9.17, 15) is 8.22 Å². The maximum Gasteiger partial charge on any atom is 0.136 e. The molecule has 1 heteroatoms. The van der Waals surface area contributed by atoms with E-state index < -0.39 is 125 Å². The van der Waals surface area contributed by atoms with E-state index in [4.69, 9.17) is 20.9 Å². The van der Waals surface area contributed by atoms with Crippen LogP contribution in [0.3, 0.4) is 0 Å². The minimum atomic E-state index is -0.769. The Balaban J connectivity index is 1.58. The van der Waals surface area contributed by atoms with Crippen molar-refractivity contribution >= 4 is 43.5 Å². The summed E-state index contributed by atoms with van der Waals surface area (Å²) in [7, 11) is 0. The van der Waals surface area contributed by atoms with Gasteiger partial charge in [-0.05, 0) is 84.3 Å². The third-order valence-electron chi connectivity index (χ3n) is 7.79. The van der Waals surface area contributed by atoms with Crippen molar-refractivity contribution in [2.75, 3.05) is 0 Å². The Kier molecular flexibility index (Phi) is 3.08. The van der Waals surface area contributed by atoms with Crippen molar-refractivity contribution in [1.82, 2.24) is 0 Å². The molecule has 0 N–H and O–H groups in total. The van der Waals surface area contributed by atoms with Crippen LogP contribution in [0.15, 0.2) is 174 Å². The molecule has 0 radical (unpaired) electrons. The zero-order valence-corrected chi connectivity index (χ0v) is 23.2. The van der Waals surface area contributed by atoms with Gasteiger partial charge in [0.25, 0.3) is 0 Å². The van der Waals surface area contributed by atoms with Crippen LogP contribution in [0.2, 0.25) is 0 Å². The number of fused-ring (bicyclic) bond motifs is 5. The van der Waals surface area contributed by atoms with Gasteiger partial charge in [-0.15, -0.1) is 0 Å². The highest BCUT2D eigenvalue weighted by molar-refractivity contribution is 6.26. The summed E-state index contributed by atoms with van der Waals surface area (Å²) in [5, 5.41) is -0.708. The lowest BCUT2D eigenvalue weighted by molar-refractivity contribution is 0.669. The first kappa shape index (κ1) is 13.4. The molecule has 0 amide bonds. The standard InChI is InChI=1S/C44H28O/c1-3-13-29(14-4-1)31-23-25-32(26-24-31)42-34-17-7-9-19-36(34)43(37-20-10-8-18-35(37)42)39-27-33(30-15-5-2-6-16-30)28-41-44(39)38-21-11-12-22-40(38)45-41/h1-28H/i1D,2D,5D,6D,7D,8D,9D,10D,15D,16D,17D,18D,19D,20D,23D,24D,25D,26D. The molecule has 0 aliphatic carbocycles. The Bertz CT molecular complexity index is 3400. The molecule has 0 fully saturated rings. The highest BCUT2D eigenvalue weighted by Gasteiger charge is 2.21. The summed E-state index contributed by atoms with van der Waals surface area (Å²) >= 11 is 0. The number of hydrogen-bond acceptors (Lipinski definition) is 1. The van der Waals surface area contributed by atoms with Crippen molar-refractivity contribution in [3.63, 3.8) is 0 Å². The second-order valence-electron chi connectivity index (χ2n) is 10.3. The summed E-state index contributed by atoms with van der Waals surface area (Å²) in [5.41, 5.74) is -0.788. The monoisotopic (exact) mass is 590 g/mol.